The van der Waals surface area contributed by atoms with Crippen molar-refractivity contribution in [3.05, 3.63) is 0 Å². The van der Waals surface area contributed by atoms with Crippen LogP contribution in [0.4, 0.5) is 0 Å². The van der Waals surface area contributed by atoms with Crippen molar-refractivity contribution < 1.29 is 33.8 Å². The predicted octanol–water partition coefficient (Wildman–Crippen LogP) is -1.14. The Morgan fingerprint density at radius 1 is 0.958 bits per heavy atom. The zero-order chi connectivity index (χ0) is 19.2. The summed E-state index contributed by atoms with van der Waals surface area (Å²) in [7, 11) is -4.48. The largest absolute Gasteiger partial charge is 0.480 e. The smallest absolute Gasteiger partial charge is 0.327 e. The maximum atomic E-state index is 12.3. The number of nitrogens with two attached hydrogens (primary N) is 1. The molecule has 0 aliphatic rings. The lowest BCUT2D eigenvalue weighted by Crippen LogP contribution is -2.57. The first-order valence-corrected chi connectivity index (χ1v) is 9.19. The van der Waals surface area contributed by atoms with E-state index < -0.39 is 55.6 Å². The van der Waals surface area contributed by atoms with Crippen LogP contribution in [-0.2, 0) is 18.9 Å². The van der Waals surface area contributed by atoms with Crippen molar-refractivity contribution in [2.75, 3.05) is 6.16 Å². The van der Waals surface area contributed by atoms with E-state index in [0.29, 0.717) is 0 Å². The van der Waals surface area contributed by atoms with Gasteiger partial charge in [-0.1, -0.05) is 27.7 Å². The van der Waals surface area contributed by atoms with Crippen LogP contribution in [0.3, 0.4) is 0 Å². The maximum Gasteiger partial charge on any atom is 0.327 e. The van der Waals surface area contributed by atoms with E-state index in [2.05, 4.69) is 10.6 Å². The number of amides is 2. The number of carbonyl (C=O) groups excluding carboxylic acids is 2. The van der Waals surface area contributed by atoms with Crippen LogP contribution < -0.4 is 16.4 Å². The third kappa shape index (κ3) is 7.87. The van der Waals surface area contributed by atoms with E-state index >= 15 is 0 Å². The number of carbonyl (C=O) groups is 3. The van der Waals surface area contributed by atoms with Gasteiger partial charge in [0, 0.05) is 0 Å². The molecule has 140 valence electrons. The zero-order valence-corrected chi connectivity index (χ0v) is 15.0. The lowest BCUT2D eigenvalue weighted by Gasteiger charge is -2.26. The molecule has 0 aromatic rings. The summed E-state index contributed by atoms with van der Waals surface area (Å²) in [6, 6.07) is -3.69. The van der Waals surface area contributed by atoms with Crippen molar-refractivity contribution in [1.82, 2.24) is 10.6 Å². The maximum absolute atomic E-state index is 12.3. The lowest BCUT2D eigenvalue weighted by atomic mass is 10.00. The summed E-state index contributed by atoms with van der Waals surface area (Å²) >= 11 is 0. The van der Waals surface area contributed by atoms with Crippen molar-refractivity contribution in [2.24, 2.45) is 17.6 Å². The Labute approximate surface area is 140 Å². The molecule has 24 heavy (non-hydrogen) atoms. The van der Waals surface area contributed by atoms with Crippen LogP contribution in [-0.4, -0.2) is 57.0 Å². The highest BCUT2D eigenvalue weighted by Crippen LogP contribution is 2.34. The highest BCUT2D eigenvalue weighted by molar-refractivity contribution is 7.51. The molecule has 0 heterocycles. The number of hydrogen-bond acceptors (Lipinski definition) is 5. The molecule has 0 spiro atoms. The monoisotopic (exact) mass is 367 g/mol. The van der Waals surface area contributed by atoms with Crippen LogP contribution in [0.1, 0.15) is 27.7 Å². The Hall–Kier alpha value is -1.48. The third-order valence-corrected chi connectivity index (χ3v) is 4.12. The molecule has 0 radical (unpaired) electrons. The molecule has 0 aromatic carbocycles. The van der Waals surface area contributed by atoms with Gasteiger partial charge in [0.05, 0.1) is 12.2 Å². The molecule has 0 unspecified atom stereocenters. The second kappa shape index (κ2) is 9.12. The van der Waals surface area contributed by atoms with Gasteiger partial charge in [-0.15, -0.1) is 0 Å². The second-order valence-corrected chi connectivity index (χ2v) is 7.95. The van der Waals surface area contributed by atoms with E-state index in [1.54, 1.807) is 27.7 Å². The fraction of sp³-hybridized carbons (Fsp3) is 0.769. The molecule has 0 aromatic heterocycles. The summed E-state index contributed by atoms with van der Waals surface area (Å²) in [5.74, 6) is -3.57. The Bertz CT molecular complexity index is 518. The van der Waals surface area contributed by atoms with Crippen LogP contribution in [0.5, 0.6) is 0 Å². The summed E-state index contributed by atoms with van der Waals surface area (Å²) in [4.78, 5) is 53.0. The molecular weight excluding hydrogens is 341 g/mol. The van der Waals surface area contributed by atoms with Crippen molar-refractivity contribution in [2.45, 2.75) is 45.8 Å². The van der Waals surface area contributed by atoms with E-state index in [1.807, 2.05) is 0 Å². The SMILES string of the molecule is CC(C)[C@H](NC(=O)[C@@H](NC(=O)[C@@H](N)CP(=O)(O)O)C(C)C)C(=O)O. The van der Waals surface area contributed by atoms with Gasteiger partial charge in [-0.25, -0.2) is 4.79 Å². The van der Waals surface area contributed by atoms with Gasteiger partial charge in [-0.05, 0) is 11.8 Å². The number of carboxylic acid groups (broad SMARTS) is 1. The Morgan fingerprint density at radius 2 is 1.38 bits per heavy atom. The highest BCUT2D eigenvalue weighted by Gasteiger charge is 2.32. The number of hydrogen-bond donors (Lipinski definition) is 6. The van der Waals surface area contributed by atoms with Gasteiger partial charge < -0.3 is 31.3 Å². The summed E-state index contributed by atoms with van der Waals surface area (Å²) < 4.78 is 10.9. The molecule has 0 aliphatic heterocycles. The first-order chi connectivity index (χ1) is 10.8. The molecule has 7 N–H and O–H groups in total. The number of aliphatic carboxylic acids is 1. The fourth-order valence-electron chi connectivity index (χ4n) is 1.89. The molecular formula is C13H26N3O7P. The topological polar surface area (TPSA) is 179 Å². The van der Waals surface area contributed by atoms with Gasteiger partial charge >= 0.3 is 13.6 Å². The first-order valence-electron chi connectivity index (χ1n) is 7.40. The van der Waals surface area contributed by atoms with Crippen molar-refractivity contribution in [1.29, 1.82) is 0 Å². The van der Waals surface area contributed by atoms with Crippen LogP contribution in [0.2, 0.25) is 0 Å². The summed E-state index contributed by atoms with van der Waals surface area (Å²) in [6.45, 7) is 6.50. The van der Waals surface area contributed by atoms with Crippen LogP contribution >= 0.6 is 7.60 Å². The van der Waals surface area contributed by atoms with E-state index in [9.17, 15) is 18.9 Å². The Morgan fingerprint density at radius 3 is 1.71 bits per heavy atom. The fourth-order valence-corrected chi connectivity index (χ4v) is 2.57. The van der Waals surface area contributed by atoms with Gasteiger partial charge in [0.1, 0.15) is 12.1 Å². The van der Waals surface area contributed by atoms with Crippen LogP contribution in [0.25, 0.3) is 0 Å². The quantitative estimate of drug-likeness (QED) is 0.277. The molecule has 11 heteroatoms. The highest BCUT2D eigenvalue weighted by atomic mass is 31.2. The van der Waals surface area contributed by atoms with Gasteiger partial charge in [0.2, 0.25) is 11.8 Å². The molecule has 2 amide bonds. The number of carboxylic acids is 1. The molecule has 0 saturated heterocycles. The van der Waals surface area contributed by atoms with Crippen molar-refractivity contribution in [3.63, 3.8) is 0 Å². The average Bonchev–Trinajstić information content (AvgIpc) is 2.38. The predicted molar refractivity (Wildman–Crippen MR) is 86.1 cm³/mol. The zero-order valence-electron chi connectivity index (χ0n) is 14.1. The summed E-state index contributed by atoms with van der Waals surface area (Å²) in [6.07, 6.45) is -0.852. The van der Waals surface area contributed by atoms with Gasteiger partial charge in [0.15, 0.2) is 0 Å². The van der Waals surface area contributed by atoms with Gasteiger partial charge in [-0.2, -0.15) is 0 Å². The van der Waals surface area contributed by atoms with E-state index in [1.165, 1.54) is 0 Å². The molecule has 0 bridgehead atoms. The van der Waals surface area contributed by atoms with E-state index in [4.69, 9.17) is 20.6 Å². The molecule has 3 atom stereocenters. The van der Waals surface area contributed by atoms with Crippen LogP contribution in [0, 0.1) is 11.8 Å². The lowest BCUT2D eigenvalue weighted by molar-refractivity contribution is -0.143. The van der Waals surface area contributed by atoms with Gasteiger partial charge in [-0.3, -0.25) is 14.2 Å². The van der Waals surface area contributed by atoms with Crippen LogP contribution in [0.15, 0.2) is 0 Å². The number of rotatable bonds is 9. The van der Waals surface area contributed by atoms with E-state index in [-0.39, 0.29) is 5.92 Å². The molecule has 0 fully saturated rings. The minimum absolute atomic E-state index is 0.369. The molecule has 0 rings (SSSR count). The van der Waals surface area contributed by atoms with E-state index in [0.717, 1.165) is 0 Å². The minimum Gasteiger partial charge on any atom is -0.480 e. The minimum atomic E-state index is -4.48. The second-order valence-electron chi connectivity index (χ2n) is 6.25. The standard InChI is InChI=1S/C13H26N3O7P/c1-6(2)9(12(18)16-10(7(3)4)13(19)20)15-11(17)8(14)5-24(21,22)23/h6-10H,5,14H2,1-4H3,(H,15,17)(H,16,18)(H,19,20)(H2,21,22,23)/t8-,9-,10-/m0/s1. The molecule has 0 saturated carbocycles. The average molecular weight is 367 g/mol. The van der Waals surface area contributed by atoms with Crippen molar-refractivity contribution in [3.8, 4) is 0 Å². The Balaban J connectivity index is 5.04. The Kier molecular flexibility index (Phi) is 8.56. The number of nitrogens with one attached hydrogen (secondary N) is 2. The first kappa shape index (κ1) is 22.5. The molecule has 0 aliphatic carbocycles. The molecule has 10 nitrogen and oxygen atoms in total. The third-order valence-electron chi connectivity index (χ3n) is 3.25. The van der Waals surface area contributed by atoms with Gasteiger partial charge in [0.25, 0.3) is 0 Å². The summed E-state index contributed by atoms with van der Waals surface area (Å²) in [5.41, 5.74) is 5.42. The summed E-state index contributed by atoms with van der Waals surface area (Å²) in [5, 5.41) is 13.8. The normalized spacial score (nSPS) is 15.7. The van der Waals surface area contributed by atoms with Crippen molar-refractivity contribution >= 4 is 25.4 Å².